The number of primary amides is 1. The summed E-state index contributed by atoms with van der Waals surface area (Å²) in [7, 11) is 0. The molecule has 120 valence electrons. The van der Waals surface area contributed by atoms with Gasteiger partial charge in [0.15, 0.2) is 0 Å². The molecule has 0 aliphatic carbocycles. The van der Waals surface area contributed by atoms with Crippen molar-refractivity contribution in [3.8, 4) is 0 Å². The predicted octanol–water partition coefficient (Wildman–Crippen LogP) is 3.15. The molecule has 0 heterocycles. The van der Waals surface area contributed by atoms with Crippen molar-refractivity contribution in [3.05, 3.63) is 71.3 Å². The number of thioether (sulfide) groups is 1. The number of carbonyl (C=O) groups is 2. The van der Waals surface area contributed by atoms with Gasteiger partial charge in [-0.1, -0.05) is 42.5 Å². The Bertz CT molecular complexity index is 673. The summed E-state index contributed by atoms with van der Waals surface area (Å²) in [4.78, 5) is 23.2. The molecule has 4 nitrogen and oxygen atoms in total. The summed E-state index contributed by atoms with van der Waals surface area (Å²) in [5.74, 6) is -0.00534. The van der Waals surface area contributed by atoms with Gasteiger partial charge in [0.1, 0.15) is 6.61 Å². The van der Waals surface area contributed by atoms with Gasteiger partial charge in [0, 0.05) is 11.3 Å². The molecule has 0 saturated carbocycles. The molecule has 1 unspecified atom stereocenters. The number of benzene rings is 2. The molecule has 2 rings (SSSR count). The third-order valence-electron chi connectivity index (χ3n) is 3.27. The van der Waals surface area contributed by atoms with Gasteiger partial charge in [-0.2, -0.15) is 0 Å². The molecule has 2 N–H and O–H groups in total. The van der Waals surface area contributed by atoms with Crippen molar-refractivity contribution in [1.29, 1.82) is 0 Å². The van der Waals surface area contributed by atoms with E-state index < -0.39 is 5.91 Å². The summed E-state index contributed by atoms with van der Waals surface area (Å²) in [5, 5.41) is -0.255. The lowest BCUT2D eigenvalue weighted by atomic mass is 10.1. The average Bonchev–Trinajstić information content (AvgIpc) is 2.58. The van der Waals surface area contributed by atoms with Crippen LogP contribution in [0.1, 0.15) is 28.4 Å². The number of esters is 1. The van der Waals surface area contributed by atoms with Gasteiger partial charge in [-0.25, -0.2) is 0 Å². The van der Waals surface area contributed by atoms with E-state index in [4.69, 9.17) is 10.5 Å². The summed E-state index contributed by atoms with van der Waals surface area (Å²) in [6, 6.07) is 16.8. The van der Waals surface area contributed by atoms with E-state index in [0.29, 0.717) is 5.56 Å². The topological polar surface area (TPSA) is 69.4 Å². The summed E-state index contributed by atoms with van der Waals surface area (Å²) in [5.41, 5.74) is 7.56. The van der Waals surface area contributed by atoms with Gasteiger partial charge in [0.05, 0.1) is 5.25 Å². The second-order valence-electron chi connectivity index (χ2n) is 5.11. The third-order valence-corrected chi connectivity index (χ3v) is 4.46. The standard InChI is InChI=1S/C18H19NO3S/c1-13(23-12-14-6-3-2-4-7-14)18(21)22-11-15-8-5-9-16(10-15)17(19)20/h2-10,13H,11-12H2,1H3,(H2,19,20). The van der Waals surface area contributed by atoms with Crippen LogP contribution in [0.5, 0.6) is 0 Å². The van der Waals surface area contributed by atoms with Crippen LogP contribution in [0.15, 0.2) is 54.6 Å². The maximum atomic E-state index is 12.0. The van der Waals surface area contributed by atoms with Crippen LogP contribution >= 0.6 is 11.8 Å². The van der Waals surface area contributed by atoms with Crippen LogP contribution < -0.4 is 5.73 Å². The van der Waals surface area contributed by atoms with Crippen molar-refractivity contribution in [2.75, 3.05) is 0 Å². The highest BCUT2D eigenvalue weighted by Crippen LogP contribution is 2.19. The average molecular weight is 329 g/mol. The predicted molar refractivity (Wildman–Crippen MR) is 92.0 cm³/mol. The molecular weight excluding hydrogens is 310 g/mol. The first-order valence-corrected chi connectivity index (χ1v) is 8.32. The molecule has 1 amide bonds. The van der Waals surface area contributed by atoms with Crippen molar-refractivity contribution >= 4 is 23.6 Å². The van der Waals surface area contributed by atoms with Gasteiger partial charge in [-0.15, -0.1) is 11.8 Å². The monoisotopic (exact) mass is 329 g/mol. The first-order chi connectivity index (χ1) is 11.1. The van der Waals surface area contributed by atoms with Crippen LogP contribution in [0.2, 0.25) is 0 Å². The van der Waals surface area contributed by atoms with Crippen LogP contribution in [0.3, 0.4) is 0 Å². The van der Waals surface area contributed by atoms with E-state index in [-0.39, 0.29) is 17.8 Å². The van der Waals surface area contributed by atoms with E-state index in [2.05, 4.69) is 0 Å². The van der Waals surface area contributed by atoms with Gasteiger partial charge in [-0.3, -0.25) is 9.59 Å². The summed E-state index contributed by atoms with van der Waals surface area (Å²) in [6.45, 7) is 1.96. The molecule has 0 aliphatic heterocycles. The number of rotatable bonds is 7. The lowest BCUT2D eigenvalue weighted by Crippen LogP contribution is -2.17. The first-order valence-electron chi connectivity index (χ1n) is 7.27. The Hall–Kier alpha value is -2.27. The Morgan fingerprint density at radius 2 is 1.78 bits per heavy atom. The molecule has 2 aromatic carbocycles. The van der Waals surface area contributed by atoms with Crippen LogP contribution in [0.25, 0.3) is 0 Å². The first kappa shape index (κ1) is 17.1. The van der Waals surface area contributed by atoms with Gasteiger partial charge < -0.3 is 10.5 Å². The molecule has 2 aromatic rings. The van der Waals surface area contributed by atoms with E-state index in [1.54, 1.807) is 24.3 Å². The largest absolute Gasteiger partial charge is 0.460 e. The molecule has 23 heavy (non-hydrogen) atoms. The van der Waals surface area contributed by atoms with Crippen LogP contribution in [-0.4, -0.2) is 17.1 Å². The van der Waals surface area contributed by atoms with Gasteiger partial charge in [0.2, 0.25) is 5.91 Å². The van der Waals surface area contributed by atoms with Crippen molar-refractivity contribution in [2.24, 2.45) is 5.73 Å². The number of hydrogen-bond acceptors (Lipinski definition) is 4. The molecule has 0 saturated heterocycles. The van der Waals surface area contributed by atoms with Crippen LogP contribution in [0, 0.1) is 0 Å². The Morgan fingerprint density at radius 3 is 2.48 bits per heavy atom. The molecule has 5 heteroatoms. The highest BCUT2D eigenvalue weighted by atomic mass is 32.2. The maximum absolute atomic E-state index is 12.0. The summed E-state index contributed by atoms with van der Waals surface area (Å²) >= 11 is 1.53. The molecule has 0 fully saturated rings. The van der Waals surface area contributed by atoms with E-state index >= 15 is 0 Å². The van der Waals surface area contributed by atoms with Gasteiger partial charge >= 0.3 is 5.97 Å². The van der Waals surface area contributed by atoms with Crippen molar-refractivity contribution < 1.29 is 14.3 Å². The second-order valence-corrected chi connectivity index (χ2v) is 6.44. The molecule has 0 aromatic heterocycles. The van der Waals surface area contributed by atoms with Gasteiger partial charge in [0.25, 0.3) is 0 Å². The normalized spacial score (nSPS) is 11.7. The van der Waals surface area contributed by atoms with E-state index in [0.717, 1.165) is 11.3 Å². The minimum Gasteiger partial charge on any atom is -0.460 e. The minimum absolute atomic E-state index is 0.135. The zero-order chi connectivity index (χ0) is 16.7. The number of ether oxygens (including phenoxy) is 1. The highest BCUT2D eigenvalue weighted by molar-refractivity contribution is 7.99. The fraction of sp³-hybridized carbons (Fsp3) is 0.222. The molecule has 0 radical (unpaired) electrons. The minimum atomic E-state index is -0.495. The fourth-order valence-electron chi connectivity index (χ4n) is 1.95. The Balaban J connectivity index is 1.82. The summed E-state index contributed by atoms with van der Waals surface area (Å²) < 4.78 is 5.30. The molecule has 0 aliphatic rings. The maximum Gasteiger partial charge on any atom is 0.319 e. The fourth-order valence-corrected chi connectivity index (χ4v) is 2.79. The Morgan fingerprint density at radius 1 is 1.09 bits per heavy atom. The molecular formula is C18H19NO3S. The number of amides is 1. The Kier molecular flexibility index (Phi) is 6.23. The quantitative estimate of drug-likeness (QED) is 0.792. The SMILES string of the molecule is CC(SCc1ccccc1)C(=O)OCc1cccc(C(N)=O)c1. The van der Waals surface area contributed by atoms with Crippen LogP contribution in [0.4, 0.5) is 0 Å². The zero-order valence-corrected chi connectivity index (χ0v) is 13.7. The van der Waals surface area contributed by atoms with Gasteiger partial charge in [-0.05, 0) is 30.2 Å². The third kappa shape index (κ3) is 5.45. The number of carbonyl (C=O) groups excluding carboxylic acids is 2. The van der Waals surface area contributed by atoms with Crippen molar-refractivity contribution in [1.82, 2.24) is 0 Å². The van der Waals surface area contributed by atoms with E-state index in [9.17, 15) is 9.59 Å². The highest BCUT2D eigenvalue weighted by Gasteiger charge is 2.15. The number of hydrogen-bond donors (Lipinski definition) is 1. The van der Waals surface area contributed by atoms with E-state index in [1.165, 1.54) is 17.3 Å². The van der Waals surface area contributed by atoms with Crippen molar-refractivity contribution in [3.63, 3.8) is 0 Å². The second kappa shape index (κ2) is 8.39. The lowest BCUT2D eigenvalue weighted by molar-refractivity contribution is -0.143. The van der Waals surface area contributed by atoms with Crippen LogP contribution in [-0.2, 0) is 21.9 Å². The zero-order valence-electron chi connectivity index (χ0n) is 12.9. The molecule has 0 bridgehead atoms. The lowest BCUT2D eigenvalue weighted by Gasteiger charge is -2.11. The Labute approximate surface area is 140 Å². The molecule has 1 atom stereocenters. The summed E-state index contributed by atoms with van der Waals surface area (Å²) in [6.07, 6.45) is 0. The number of nitrogens with two attached hydrogens (primary N) is 1. The smallest absolute Gasteiger partial charge is 0.319 e. The van der Waals surface area contributed by atoms with Crippen molar-refractivity contribution in [2.45, 2.75) is 24.5 Å². The molecule has 0 spiro atoms. The van der Waals surface area contributed by atoms with E-state index in [1.807, 2.05) is 37.3 Å².